The minimum absolute atomic E-state index is 0.0309. The Hall–Kier alpha value is -2.29. The van der Waals surface area contributed by atoms with Crippen molar-refractivity contribution in [1.29, 1.82) is 0 Å². The molecule has 0 radical (unpaired) electrons. The molecule has 0 saturated carbocycles. The minimum Gasteiger partial charge on any atom is -0.404 e. The summed E-state index contributed by atoms with van der Waals surface area (Å²) in [5.41, 5.74) is 0.993. The molecule has 36 heavy (non-hydrogen) atoms. The standard InChI is InChI=1S/C29H36O5SSi/c1-23-15-17-26(18-16-23)35(30,31)33-22-25-21-24(19-20-32-25)34-36(29(2,3)4,27-11-7-5-8-12-27)28-13-9-6-10-14-28/h5-18,24-25H,19-22H2,1-4H3/t24-,25+/m1/s1. The number of hydrogen-bond donors (Lipinski definition) is 0. The molecule has 7 heteroatoms. The molecule has 0 spiro atoms. The van der Waals surface area contributed by atoms with Crippen molar-refractivity contribution in [3.8, 4) is 0 Å². The van der Waals surface area contributed by atoms with Gasteiger partial charge in [-0.2, -0.15) is 8.42 Å². The highest BCUT2D eigenvalue weighted by atomic mass is 32.2. The number of hydrogen-bond acceptors (Lipinski definition) is 5. The van der Waals surface area contributed by atoms with Gasteiger partial charge in [0.15, 0.2) is 0 Å². The summed E-state index contributed by atoms with van der Waals surface area (Å²) >= 11 is 0. The van der Waals surface area contributed by atoms with Gasteiger partial charge in [-0.05, 0) is 40.9 Å². The van der Waals surface area contributed by atoms with Gasteiger partial charge in [-0.1, -0.05) is 99.1 Å². The van der Waals surface area contributed by atoms with Crippen molar-refractivity contribution in [3.05, 3.63) is 90.5 Å². The first-order valence-electron chi connectivity index (χ1n) is 12.5. The van der Waals surface area contributed by atoms with E-state index in [9.17, 15) is 8.42 Å². The third kappa shape index (κ3) is 5.81. The first-order valence-corrected chi connectivity index (χ1v) is 15.8. The topological polar surface area (TPSA) is 61.8 Å². The lowest BCUT2D eigenvalue weighted by atomic mass is 10.1. The molecular formula is C29H36O5SSi. The van der Waals surface area contributed by atoms with E-state index in [1.54, 1.807) is 24.3 Å². The molecule has 1 aliphatic heterocycles. The summed E-state index contributed by atoms with van der Waals surface area (Å²) < 4.78 is 44.0. The number of ether oxygens (including phenoxy) is 1. The second kappa shape index (κ2) is 11.0. The Kier molecular flexibility index (Phi) is 8.17. The van der Waals surface area contributed by atoms with Crippen LogP contribution in [0.25, 0.3) is 0 Å². The van der Waals surface area contributed by atoms with Crippen LogP contribution >= 0.6 is 0 Å². The Morgan fingerprint density at radius 3 is 1.97 bits per heavy atom. The van der Waals surface area contributed by atoms with Crippen LogP contribution in [0.1, 0.15) is 39.2 Å². The Labute approximate surface area is 216 Å². The molecule has 1 saturated heterocycles. The zero-order chi connectivity index (χ0) is 25.8. The van der Waals surface area contributed by atoms with Crippen molar-refractivity contribution < 1.29 is 21.8 Å². The SMILES string of the molecule is Cc1ccc(S(=O)(=O)OC[C@@H]2C[C@H](O[Si](c3ccccc3)(c3ccccc3)C(C)(C)C)CCO2)cc1. The maximum atomic E-state index is 12.7. The third-order valence-corrected chi connectivity index (χ3v) is 13.2. The van der Waals surface area contributed by atoms with Crippen molar-refractivity contribution in [2.75, 3.05) is 13.2 Å². The van der Waals surface area contributed by atoms with Crippen LogP contribution in [0.15, 0.2) is 89.8 Å². The van der Waals surface area contributed by atoms with Crippen molar-refractivity contribution >= 4 is 28.8 Å². The molecule has 2 atom stereocenters. The van der Waals surface area contributed by atoms with Crippen LogP contribution < -0.4 is 10.4 Å². The molecule has 0 aromatic heterocycles. The lowest BCUT2D eigenvalue weighted by Crippen LogP contribution is -2.68. The second-order valence-electron chi connectivity index (χ2n) is 10.5. The summed E-state index contributed by atoms with van der Waals surface area (Å²) in [7, 11) is -6.55. The lowest BCUT2D eigenvalue weighted by molar-refractivity contribution is -0.0544. The van der Waals surface area contributed by atoms with Gasteiger partial charge >= 0.3 is 0 Å². The zero-order valence-electron chi connectivity index (χ0n) is 21.5. The van der Waals surface area contributed by atoms with Crippen molar-refractivity contribution in [2.24, 2.45) is 0 Å². The highest BCUT2D eigenvalue weighted by Crippen LogP contribution is 2.39. The van der Waals surface area contributed by atoms with E-state index >= 15 is 0 Å². The molecule has 3 aromatic rings. The summed E-state index contributed by atoms with van der Waals surface area (Å²) in [5, 5.41) is 2.32. The van der Waals surface area contributed by atoms with Gasteiger partial charge in [-0.3, -0.25) is 4.18 Å². The van der Waals surface area contributed by atoms with Gasteiger partial charge in [-0.25, -0.2) is 0 Å². The number of rotatable bonds is 8. The molecule has 1 aliphatic rings. The maximum absolute atomic E-state index is 12.7. The fourth-order valence-corrected chi connectivity index (χ4v) is 10.6. The predicted octanol–water partition coefficient (Wildman–Crippen LogP) is 4.82. The monoisotopic (exact) mass is 524 g/mol. The Bertz CT molecular complexity index is 1180. The number of aryl methyl sites for hydroxylation is 1. The normalized spacial score (nSPS) is 19.2. The zero-order valence-corrected chi connectivity index (χ0v) is 23.3. The van der Waals surface area contributed by atoms with Gasteiger partial charge < -0.3 is 9.16 Å². The van der Waals surface area contributed by atoms with E-state index in [0.717, 1.165) is 12.0 Å². The Morgan fingerprint density at radius 1 is 0.889 bits per heavy atom. The van der Waals surface area contributed by atoms with Crippen molar-refractivity contribution in [2.45, 2.75) is 62.7 Å². The van der Waals surface area contributed by atoms with E-state index in [4.69, 9.17) is 13.3 Å². The fourth-order valence-electron chi connectivity index (χ4n) is 4.95. The molecule has 3 aromatic carbocycles. The van der Waals surface area contributed by atoms with Gasteiger partial charge in [0.05, 0.1) is 23.7 Å². The summed E-state index contributed by atoms with van der Waals surface area (Å²) in [6.45, 7) is 9.16. The van der Waals surface area contributed by atoms with E-state index in [-0.39, 0.29) is 28.7 Å². The van der Waals surface area contributed by atoms with Gasteiger partial charge in [0.25, 0.3) is 18.4 Å². The summed E-state index contributed by atoms with van der Waals surface area (Å²) in [5.74, 6) is 0. The molecule has 192 valence electrons. The lowest BCUT2D eigenvalue weighted by Gasteiger charge is -2.46. The summed E-state index contributed by atoms with van der Waals surface area (Å²) in [6.07, 6.45) is 0.905. The predicted molar refractivity (Wildman–Crippen MR) is 146 cm³/mol. The van der Waals surface area contributed by atoms with E-state index in [1.807, 2.05) is 19.1 Å². The van der Waals surface area contributed by atoms with E-state index in [0.29, 0.717) is 13.0 Å². The van der Waals surface area contributed by atoms with Crippen LogP contribution in [0.5, 0.6) is 0 Å². The third-order valence-electron chi connectivity index (χ3n) is 6.80. The molecule has 4 rings (SSSR count). The van der Waals surface area contributed by atoms with Crippen LogP contribution in [-0.4, -0.2) is 42.2 Å². The van der Waals surface area contributed by atoms with Crippen LogP contribution in [0.4, 0.5) is 0 Å². The molecule has 5 nitrogen and oxygen atoms in total. The minimum atomic E-state index is -3.85. The van der Waals surface area contributed by atoms with E-state index in [1.165, 1.54) is 10.4 Å². The molecule has 0 amide bonds. The van der Waals surface area contributed by atoms with Crippen LogP contribution in [0.2, 0.25) is 5.04 Å². The highest BCUT2D eigenvalue weighted by Gasteiger charge is 2.51. The molecule has 0 aliphatic carbocycles. The molecule has 0 N–H and O–H groups in total. The van der Waals surface area contributed by atoms with Gasteiger partial charge in [0.2, 0.25) is 0 Å². The summed E-state index contributed by atoms with van der Waals surface area (Å²) in [6, 6.07) is 27.8. The van der Waals surface area contributed by atoms with E-state index in [2.05, 4.69) is 69.3 Å². The maximum Gasteiger partial charge on any atom is 0.297 e. The summed E-state index contributed by atoms with van der Waals surface area (Å²) in [4.78, 5) is 0.157. The van der Waals surface area contributed by atoms with Gasteiger partial charge in [-0.15, -0.1) is 0 Å². The molecule has 0 unspecified atom stereocenters. The van der Waals surface area contributed by atoms with Crippen LogP contribution in [-0.2, 0) is 23.5 Å². The first-order chi connectivity index (χ1) is 17.1. The Balaban J connectivity index is 1.56. The molecule has 0 bridgehead atoms. The largest absolute Gasteiger partial charge is 0.404 e. The van der Waals surface area contributed by atoms with Gasteiger partial charge in [0, 0.05) is 13.0 Å². The quantitative estimate of drug-likeness (QED) is 0.312. The van der Waals surface area contributed by atoms with Crippen LogP contribution in [0.3, 0.4) is 0 Å². The Morgan fingerprint density at radius 2 is 1.44 bits per heavy atom. The average molecular weight is 525 g/mol. The molecule has 1 heterocycles. The van der Waals surface area contributed by atoms with Crippen molar-refractivity contribution in [3.63, 3.8) is 0 Å². The first kappa shape index (κ1) is 26.8. The van der Waals surface area contributed by atoms with Gasteiger partial charge in [0.1, 0.15) is 0 Å². The molecular weight excluding hydrogens is 488 g/mol. The van der Waals surface area contributed by atoms with Crippen LogP contribution in [0, 0.1) is 6.92 Å². The average Bonchev–Trinajstić information content (AvgIpc) is 2.87. The smallest absolute Gasteiger partial charge is 0.297 e. The molecule has 1 fully saturated rings. The van der Waals surface area contributed by atoms with E-state index < -0.39 is 18.4 Å². The van der Waals surface area contributed by atoms with Crippen molar-refractivity contribution in [1.82, 2.24) is 0 Å². The number of benzene rings is 3. The highest BCUT2D eigenvalue weighted by molar-refractivity contribution is 7.86. The fraction of sp³-hybridized carbons (Fsp3) is 0.379. The second-order valence-corrected chi connectivity index (χ2v) is 16.3.